The van der Waals surface area contributed by atoms with E-state index in [-0.39, 0.29) is 0 Å². The monoisotopic (exact) mass is 301 g/mol. The maximum absolute atomic E-state index is 8.90. The molecular weight excluding hydrogens is 274 g/mol. The summed E-state index contributed by atoms with van der Waals surface area (Å²) in [7, 11) is 0. The van der Waals surface area contributed by atoms with Crippen molar-refractivity contribution in [1.82, 2.24) is 0 Å². The zero-order chi connectivity index (χ0) is 15.2. The van der Waals surface area contributed by atoms with Gasteiger partial charge in [-0.2, -0.15) is 5.26 Å². The highest BCUT2D eigenvalue weighted by molar-refractivity contribution is 8.08. The van der Waals surface area contributed by atoms with Gasteiger partial charge in [-0.1, -0.05) is 82.2 Å². The largest absolute Gasteiger partial charge is 0.193 e. The van der Waals surface area contributed by atoms with Gasteiger partial charge in [0, 0.05) is 11.0 Å². The van der Waals surface area contributed by atoms with E-state index >= 15 is 0 Å². The first-order valence-corrected chi connectivity index (χ1v) is 9.15. The molecule has 0 atom stereocenters. The van der Waals surface area contributed by atoms with Crippen LogP contribution in [0, 0.1) is 11.3 Å². The van der Waals surface area contributed by atoms with Crippen molar-refractivity contribution in [3.05, 3.63) is 42.0 Å². The van der Waals surface area contributed by atoms with Gasteiger partial charge in [-0.25, -0.2) is 0 Å². The van der Waals surface area contributed by atoms with Crippen molar-refractivity contribution in [2.45, 2.75) is 58.3 Å². The van der Waals surface area contributed by atoms with E-state index in [1.165, 1.54) is 51.4 Å². The Bertz CT molecular complexity index is 431. The Kier molecular flexibility index (Phi) is 10.7. The van der Waals surface area contributed by atoms with Crippen LogP contribution in [0.2, 0.25) is 0 Å². The van der Waals surface area contributed by atoms with Crippen LogP contribution < -0.4 is 0 Å². The molecule has 0 aromatic heterocycles. The van der Waals surface area contributed by atoms with Crippen molar-refractivity contribution in [2.75, 3.05) is 5.75 Å². The second-order valence-electron chi connectivity index (χ2n) is 5.33. The van der Waals surface area contributed by atoms with Crippen LogP contribution in [-0.4, -0.2) is 5.75 Å². The molecule has 0 bridgehead atoms. The van der Waals surface area contributed by atoms with Gasteiger partial charge in [0.1, 0.15) is 0 Å². The highest BCUT2D eigenvalue weighted by Crippen LogP contribution is 2.28. The van der Waals surface area contributed by atoms with E-state index < -0.39 is 0 Å². The third-order valence-electron chi connectivity index (χ3n) is 3.51. The lowest BCUT2D eigenvalue weighted by molar-refractivity contribution is 0.586. The smallest absolute Gasteiger partial charge is 0.0923 e. The van der Waals surface area contributed by atoms with Crippen molar-refractivity contribution < 1.29 is 0 Å². The zero-order valence-corrected chi connectivity index (χ0v) is 14.0. The number of unbranched alkanes of at least 4 members (excludes halogenated alkanes) is 7. The molecule has 0 amide bonds. The lowest BCUT2D eigenvalue weighted by Gasteiger charge is -2.06. The Balaban J connectivity index is 2.15. The van der Waals surface area contributed by atoms with E-state index in [0.717, 1.165) is 16.2 Å². The third-order valence-corrected chi connectivity index (χ3v) is 4.67. The minimum absolute atomic E-state index is 1.10. The van der Waals surface area contributed by atoms with Crippen LogP contribution in [0.1, 0.15) is 63.9 Å². The van der Waals surface area contributed by atoms with Crippen LogP contribution in [0.3, 0.4) is 0 Å². The van der Waals surface area contributed by atoms with Crippen molar-refractivity contribution in [2.24, 2.45) is 0 Å². The van der Waals surface area contributed by atoms with E-state index in [9.17, 15) is 0 Å². The summed E-state index contributed by atoms with van der Waals surface area (Å²) >= 11 is 1.81. The summed E-state index contributed by atoms with van der Waals surface area (Å²) in [5, 5.41) is 8.90. The van der Waals surface area contributed by atoms with Crippen molar-refractivity contribution in [3.8, 4) is 6.07 Å². The molecule has 0 spiro atoms. The number of rotatable bonds is 11. The van der Waals surface area contributed by atoms with Crippen LogP contribution in [-0.2, 0) is 0 Å². The van der Waals surface area contributed by atoms with Gasteiger partial charge in [-0.05, 0) is 17.7 Å². The first-order valence-electron chi connectivity index (χ1n) is 8.16. The number of nitrogens with zero attached hydrogens (tertiary/aromatic N) is 1. The zero-order valence-electron chi connectivity index (χ0n) is 13.2. The second kappa shape index (κ2) is 12.5. The molecule has 0 unspecified atom stereocenters. The molecule has 0 radical (unpaired) electrons. The molecular formula is C19H27NS. The van der Waals surface area contributed by atoms with Crippen molar-refractivity contribution in [3.63, 3.8) is 0 Å². The molecule has 0 heterocycles. The number of benzene rings is 1. The fourth-order valence-electron chi connectivity index (χ4n) is 2.29. The van der Waals surface area contributed by atoms with Crippen LogP contribution in [0.4, 0.5) is 0 Å². The summed E-state index contributed by atoms with van der Waals surface area (Å²) in [6.45, 7) is 2.26. The Morgan fingerprint density at radius 2 is 1.62 bits per heavy atom. The fraction of sp³-hybridized carbons (Fsp3) is 0.526. The average Bonchev–Trinajstić information content (AvgIpc) is 2.53. The Morgan fingerprint density at radius 1 is 1.00 bits per heavy atom. The third kappa shape index (κ3) is 8.63. The summed E-state index contributed by atoms with van der Waals surface area (Å²) in [5.41, 5.74) is 1.16. The molecule has 0 aliphatic heterocycles. The normalized spacial score (nSPS) is 11.3. The maximum Gasteiger partial charge on any atom is 0.0923 e. The molecule has 0 saturated carbocycles. The first kappa shape index (κ1) is 17.9. The van der Waals surface area contributed by atoms with Crippen LogP contribution in [0.5, 0.6) is 0 Å². The summed E-state index contributed by atoms with van der Waals surface area (Å²) in [4.78, 5) is 1.10. The quantitative estimate of drug-likeness (QED) is 0.347. The molecule has 0 saturated heterocycles. The van der Waals surface area contributed by atoms with Crippen molar-refractivity contribution >= 4 is 16.7 Å². The number of hydrogen-bond acceptors (Lipinski definition) is 2. The Hall–Kier alpha value is -1.20. The topological polar surface area (TPSA) is 23.8 Å². The van der Waals surface area contributed by atoms with Crippen LogP contribution >= 0.6 is 11.8 Å². The lowest BCUT2D eigenvalue weighted by Crippen LogP contribution is -1.85. The minimum Gasteiger partial charge on any atom is -0.193 e. The number of allylic oxidation sites excluding steroid dienone is 1. The van der Waals surface area contributed by atoms with Gasteiger partial charge in [0.2, 0.25) is 0 Å². The second-order valence-corrected chi connectivity index (χ2v) is 6.46. The summed E-state index contributed by atoms with van der Waals surface area (Å²) in [6.07, 6.45) is 12.5. The summed E-state index contributed by atoms with van der Waals surface area (Å²) < 4.78 is 0. The van der Waals surface area contributed by atoms with Gasteiger partial charge in [0.05, 0.1) is 6.07 Å². The van der Waals surface area contributed by atoms with Crippen molar-refractivity contribution in [1.29, 1.82) is 5.26 Å². The average molecular weight is 301 g/mol. The molecule has 1 rings (SSSR count). The predicted octanol–water partition coefficient (Wildman–Crippen LogP) is 6.42. The molecule has 0 N–H and O–H groups in total. The van der Waals surface area contributed by atoms with E-state index in [0.29, 0.717) is 0 Å². The molecule has 0 aliphatic rings. The van der Waals surface area contributed by atoms with E-state index in [1.807, 2.05) is 30.0 Å². The van der Waals surface area contributed by atoms with Gasteiger partial charge >= 0.3 is 0 Å². The van der Waals surface area contributed by atoms with E-state index in [2.05, 4.69) is 25.1 Å². The lowest BCUT2D eigenvalue weighted by atomic mass is 10.1. The number of hydrogen-bond donors (Lipinski definition) is 0. The van der Waals surface area contributed by atoms with Gasteiger partial charge in [-0.3, -0.25) is 0 Å². The Labute approximate surface area is 134 Å². The number of nitriles is 1. The van der Waals surface area contributed by atoms with E-state index in [1.54, 1.807) is 6.08 Å². The highest BCUT2D eigenvalue weighted by atomic mass is 32.2. The SMILES string of the molecule is CCCCCCCCCCS/C(=C/C#N)c1ccccc1. The maximum atomic E-state index is 8.90. The fourth-order valence-corrected chi connectivity index (χ4v) is 3.29. The van der Waals surface area contributed by atoms with Crippen LogP contribution in [0.15, 0.2) is 36.4 Å². The van der Waals surface area contributed by atoms with Gasteiger partial charge in [0.25, 0.3) is 0 Å². The minimum atomic E-state index is 1.10. The molecule has 0 aliphatic carbocycles. The molecule has 1 aromatic rings. The van der Waals surface area contributed by atoms with Gasteiger partial charge in [0.15, 0.2) is 0 Å². The molecule has 114 valence electrons. The Morgan fingerprint density at radius 3 is 2.24 bits per heavy atom. The van der Waals surface area contributed by atoms with Gasteiger partial charge in [-0.15, -0.1) is 11.8 Å². The predicted molar refractivity (Wildman–Crippen MR) is 95.1 cm³/mol. The number of thioether (sulfide) groups is 1. The summed E-state index contributed by atoms with van der Waals surface area (Å²) in [6, 6.07) is 12.4. The van der Waals surface area contributed by atoms with Gasteiger partial charge < -0.3 is 0 Å². The molecule has 1 nitrogen and oxygen atoms in total. The molecule has 2 heteroatoms. The standard InChI is InChI=1S/C19H27NS/c1-2-3-4-5-6-7-8-12-17-21-19(15-16-20)18-13-10-9-11-14-18/h9-11,13-15H,2-8,12,17H2,1H3/b19-15+. The highest BCUT2D eigenvalue weighted by Gasteiger charge is 2.01. The molecule has 1 aromatic carbocycles. The van der Waals surface area contributed by atoms with Crippen LogP contribution in [0.25, 0.3) is 4.91 Å². The molecule has 21 heavy (non-hydrogen) atoms. The molecule has 0 fully saturated rings. The van der Waals surface area contributed by atoms with E-state index in [4.69, 9.17) is 5.26 Å². The first-order chi connectivity index (χ1) is 10.4. The summed E-state index contributed by atoms with van der Waals surface area (Å²) in [5.74, 6) is 1.11.